The number of nitrogens with one attached hydrogen (secondary N) is 3. The largest absolute Gasteiger partial charge is 0.380 e. The summed E-state index contributed by atoms with van der Waals surface area (Å²) < 4.78 is 6.07. The van der Waals surface area contributed by atoms with Crippen molar-refractivity contribution >= 4 is 27.6 Å². The number of amides is 2. The fourth-order valence-corrected chi connectivity index (χ4v) is 3.03. The van der Waals surface area contributed by atoms with Gasteiger partial charge in [-0.15, -0.1) is 0 Å². The minimum Gasteiger partial charge on any atom is -0.380 e. The van der Waals surface area contributed by atoms with E-state index in [9.17, 15) is 4.79 Å². The Hall–Kier alpha value is -2.71. The number of aromatic amines is 1. The van der Waals surface area contributed by atoms with Gasteiger partial charge >= 0.3 is 6.03 Å². The number of hydrogen-bond acceptors (Lipinski definition) is 4. The Morgan fingerprint density at radius 2 is 2.00 bits per heavy atom. The molecule has 0 unspecified atom stereocenters. The predicted molar refractivity (Wildman–Crippen MR) is 107 cm³/mol. The molecule has 0 saturated heterocycles. The lowest BCUT2D eigenvalue weighted by molar-refractivity contribution is 0.185. The summed E-state index contributed by atoms with van der Waals surface area (Å²) in [5.74, 6) is 1.37. The second-order valence-electron chi connectivity index (χ2n) is 5.80. The zero-order chi connectivity index (χ0) is 19.1. The van der Waals surface area contributed by atoms with Crippen molar-refractivity contribution in [1.82, 2.24) is 20.5 Å². The monoisotopic (exact) mass is 429 g/mol. The van der Waals surface area contributed by atoms with Gasteiger partial charge in [0.1, 0.15) is 5.82 Å². The fraction of sp³-hybridized carbons (Fsp3) is 0.211. The van der Waals surface area contributed by atoms with E-state index in [1.807, 2.05) is 48.5 Å². The average molecular weight is 430 g/mol. The maximum atomic E-state index is 12.2. The van der Waals surface area contributed by atoms with Crippen molar-refractivity contribution in [3.63, 3.8) is 0 Å². The number of carbonyl (C=O) groups is 1. The van der Waals surface area contributed by atoms with Crippen LogP contribution in [0.1, 0.15) is 11.4 Å². The minimum atomic E-state index is -0.284. The molecule has 0 fully saturated rings. The summed E-state index contributed by atoms with van der Waals surface area (Å²) in [6.45, 7) is 0.834. The minimum absolute atomic E-state index is 0.284. The van der Waals surface area contributed by atoms with Crippen LogP contribution in [0.25, 0.3) is 11.4 Å². The molecule has 3 aromatic rings. The van der Waals surface area contributed by atoms with E-state index in [4.69, 9.17) is 4.74 Å². The molecule has 0 aliphatic rings. The van der Waals surface area contributed by atoms with Crippen LogP contribution in [0.2, 0.25) is 0 Å². The number of urea groups is 1. The van der Waals surface area contributed by atoms with Crippen LogP contribution in [0.4, 0.5) is 10.5 Å². The van der Waals surface area contributed by atoms with Crippen LogP contribution < -0.4 is 10.6 Å². The second-order valence-corrected chi connectivity index (χ2v) is 6.66. The molecule has 0 radical (unpaired) electrons. The van der Waals surface area contributed by atoms with Gasteiger partial charge in [-0.2, -0.15) is 5.10 Å². The molecule has 0 aliphatic carbocycles. The highest BCUT2D eigenvalue weighted by molar-refractivity contribution is 9.10. The Bertz CT molecular complexity index is 898. The van der Waals surface area contributed by atoms with Crippen molar-refractivity contribution in [2.45, 2.75) is 13.0 Å². The second kappa shape index (κ2) is 9.29. The van der Waals surface area contributed by atoms with Crippen molar-refractivity contribution in [2.24, 2.45) is 0 Å². The molecule has 3 N–H and O–H groups in total. The third kappa shape index (κ3) is 5.15. The molecule has 2 aromatic carbocycles. The number of methoxy groups -OCH3 is 1. The number of hydrogen-bond donors (Lipinski definition) is 3. The molecule has 0 atom stereocenters. The molecule has 1 heterocycles. The third-order valence-corrected chi connectivity index (χ3v) is 4.61. The van der Waals surface area contributed by atoms with Gasteiger partial charge in [-0.3, -0.25) is 5.10 Å². The van der Waals surface area contributed by atoms with Crippen LogP contribution in [0, 0.1) is 0 Å². The predicted octanol–water partition coefficient (Wildman–Crippen LogP) is 3.74. The van der Waals surface area contributed by atoms with Crippen molar-refractivity contribution in [2.75, 3.05) is 19.0 Å². The SMILES string of the molecule is COCc1c(Br)cccc1NC(=O)NCCc1nc(-c2ccccc2)n[nH]1. The summed E-state index contributed by atoms with van der Waals surface area (Å²) in [6, 6.07) is 15.1. The summed E-state index contributed by atoms with van der Waals surface area (Å²) in [4.78, 5) is 16.6. The highest BCUT2D eigenvalue weighted by Gasteiger charge is 2.10. The van der Waals surface area contributed by atoms with Gasteiger partial charge in [0.25, 0.3) is 0 Å². The number of anilines is 1. The smallest absolute Gasteiger partial charge is 0.319 e. The molecule has 0 aliphatic heterocycles. The van der Waals surface area contributed by atoms with Crippen LogP contribution in [0.3, 0.4) is 0 Å². The van der Waals surface area contributed by atoms with Crippen LogP contribution >= 0.6 is 15.9 Å². The van der Waals surface area contributed by atoms with E-state index in [1.54, 1.807) is 7.11 Å². The lowest BCUT2D eigenvalue weighted by atomic mass is 10.2. The van der Waals surface area contributed by atoms with Crippen molar-refractivity contribution in [3.8, 4) is 11.4 Å². The first-order valence-electron chi connectivity index (χ1n) is 8.45. The van der Waals surface area contributed by atoms with Crippen molar-refractivity contribution in [1.29, 1.82) is 0 Å². The van der Waals surface area contributed by atoms with E-state index < -0.39 is 0 Å². The first-order chi connectivity index (χ1) is 13.2. The molecule has 27 heavy (non-hydrogen) atoms. The van der Waals surface area contributed by atoms with Gasteiger partial charge in [-0.05, 0) is 12.1 Å². The fourth-order valence-electron chi connectivity index (χ4n) is 2.55. The molecule has 0 spiro atoms. The molecule has 8 heteroatoms. The quantitative estimate of drug-likeness (QED) is 0.533. The standard InChI is InChI=1S/C19H20BrN5O2/c1-27-12-14-15(20)8-5-9-16(14)22-19(26)21-11-10-17-23-18(25-24-17)13-6-3-2-4-7-13/h2-9H,10-12H2,1H3,(H2,21,22,26)(H,23,24,25). The van der Waals surface area contributed by atoms with E-state index in [0.717, 1.165) is 21.4 Å². The van der Waals surface area contributed by atoms with Gasteiger partial charge in [0, 0.05) is 41.4 Å². The van der Waals surface area contributed by atoms with Gasteiger partial charge < -0.3 is 15.4 Å². The maximum Gasteiger partial charge on any atom is 0.319 e. The molecule has 1 aromatic heterocycles. The number of aromatic nitrogens is 3. The highest BCUT2D eigenvalue weighted by Crippen LogP contribution is 2.25. The molecule has 140 valence electrons. The molecule has 2 amide bonds. The van der Waals surface area contributed by atoms with E-state index in [0.29, 0.717) is 31.1 Å². The first kappa shape index (κ1) is 19.1. The van der Waals surface area contributed by atoms with Crippen LogP contribution in [-0.2, 0) is 17.8 Å². The van der Waals surface area contributed by atoms with E-state index in [2.05, 4.69) is 41.7 Å². The van der Waals surface area contributed by atoms with E-state index in [-0.39, 0.29) is 6.03 Å². The summed E-state index contributed by atoms with van der Waals surface area (Å²) in [6.07, 6.45) is 0.552. The highest BCUT2D eigenvalue weighted by atomic mass is 79.9. The lowest BCUT2D eigenvalue weighted by Crippen LogP contribution is -2.31. The summed E-state index contributed by atoms with van der Waals surface area (Å²) in [7, 11) is 1.62. The molecule has 7 nitrogen and oxygen atoms in total. The number of benzene rings is 2. The van der Waals surface area contributed by atoms with Crippen molar-refractivity contribution in [3.05, 3.63) is 64.4 Å². The number of nitrogens with zero attached hydrogens (tertiary/aromatic N) is 2. The molecular formula is C19H20BrN5O2. The van der Waals surface area contributed by atoms with Crippen LogP contribution in [-0.4, -0.2) is 34.9 Å². The van der Waals surface area contributed by atoms with Gasteiger partial charge in [-0.1, -0.05) is 52.3 Å². The number of halogens is 1. The van der Waals surface area contributed by atoms with Crippen LogP contribution in [0.15, 0.2) is 53.0 Å². The third-order valence-electron chi connectivity index (χ3n) is 3.87. The number of ether oxygens (including phenoxy) is 1. The molecular weight excluding hydrogens is 410 g/mol. The zero-order valence-corrected chi connectivity index (χ0v) is 16.4. The number of rotatable bonds is 7. The Morgan fingerprint density at radius 3 is 2.78 bits per heavy atom. The zero-order valence-electron chi connectivity index (χ0n) is 14.8. The Labute approximate surface area is 165 Å². The average Bonchev–Trinajstić information content (AvgIpc) is 3.14. The summed E-state index contributed by atoms with van der Waals surface area (Å²) in [5, 5.41) is 12.8. The van der Waals surface area contributed by atoms with E-state index in [1.165, 1.54) is 0 Å². The summed E-state index contributed by atoms with van der Waals surface area (Å²) >= 11 is 3.47. The maximum absolute atomic E-state index is 12.2. The Balaban J connectivity index is 1.52. The number of carbonyl (C=O) groups excluding carboxylic acids is 1. The lowest BCUT2D eigenvalue weighted by Gasteiger charge is -2.12. The number of H-pyrrole nitrogens is 1. The Kier molecular flexibility index (Phi) is 6.56. The van der Waals surface area contributed by atoms with Gasteiger partial charge in [0.2, 0.25) is 0 Å². The molecule has 0 bridgehead atoms. The van der Waals surface area contributed by atoms with Gasteiger partial charge in [0.05, 0.1) is 6.61 Å². The van der Waals surface area contributed by atoms with Gasteiger partial charge in [-0.25, -0.2) is 9.78 Å². The van der Waals surface area contributed by atoms with Gasteiger partial charge in [0.15, 0.2) is 5.82 Å². The van der Waals surface area contributed by atoms with Crippen molar-refractivity contribution < 1.29 is 9.53 Å². The molecule has 3 rings (SSSR count). The first-order valence-corrected chi connectivity index (χ1v) is 9.24. The Morgan fingerprint density at radius 1 is 1.19 bits per heavy atom. The topological polar surface area (TPSA) is 91.9 Å². The van der Waals surface area contributed by atoms with E-state index >= 15 is 0 Å². The summed E-state index contributed by atoms with van der Waals surface area (Å²) in [5.41, 5.74) is 2.54. The van der Waals surface area contributed by atoms with Crippen LogP contribution in [0.5, 0.6) is 0 Å². The normalized spacial score (nSPS) is 10.6. The molecule has 0 saturated carbocycles.